The Balaban J connectivity index is 2.25. The quantitative estimate of drug-likeness (QED) is 0.844. The molecule has 0 atom stereocenters. The lowest BCUT2D eigenvalue weighted by Crippen LogP contribution is -1.95. The van der Waals surface area contributed by atoms with Crippen molar-refractivity contribution in [3.63, 3.8) is 0 Å². The fraction of sp³-hybridized carbons (Fsp3) is 0.182. The zero-order chi connectivity index (χ0) is 12.4. The van der Waals surface area contributed by atoms with Gasteiger partial charge in [-0.15, -0.1) is 0 Å². The highest BCUT2D eigenvalue weighted by Crippen LogP contribution is 2.18. The van der Waals surface area contributed by atoms with Gasteiger partial charge in [0, 0.05) is 6.20 Å². The van der Waals surface area contributed by atoms with E-state index in [-0.39, 0.29) is 11.8 Å². The second-order valence-electron chi connectivity index (χ2n) is 3.58. The Hall–Kier alpha value is -2.37. The predicted octanol–water partition coefficient (Wildman–Crippen LogP) is 2.13. The Morgan fingerprint density at radius 1 is 1.47 bits per heavy atom. The standard InChI is InChI=1S/C11H11N3O3/c1-6-3-4-12-8(5-6)14-11-13-7(2)9(17-11)10(15)16/h3-5H,1-2H3,(H,15,16)(H,12,13,14). The Morgan fingerprint density at radius 3 is 2.82 bits per heavy atom. The maximum absolute atomic E-state index is 10.8. The molecule has 0 radical (unpaired) electrons. The van der Waals surface area contributed by atoms with Gasteiger partial charge in [0.05, 0.1) is 5.69 Å². The van der Waals surface area contributed by atoms with E-state index in [9.17, 15) is 4.79 Å². The molecule has 2 heterocycles. The molecule has 17 heavy (non-hydrogen) atoms. The number of rotatable bonds is 3. The zero-order valence-corrected chi connectivity index (χ0v) is 9.39. The number of pyridine rings is 1. The molecule has 0 unspecified atom stereocenters. The minimum atomic E-state index is -1.14. The highest BCUT2D eigenvalue weighted by molar-refractivity contribution is 5.85. The molecular weight excluding hydrogens is 222 g/mol. The topological polar surface area (TPSA) is 88.2 Å². The molecule has 0 saturated carbocycles. The average Bonchev–Trinajstić information content (AvgIpc) is 2.59. The van der Waals surface area contributed by atoms with Crippen LogP contribution in [-0.2, 0) is 0 Å². The first-order valence-corrected chi connectivity index (χ1v) is 4.96. The summed E-state index contributed by atoms with van der Waals surface area (Å²) in [5.74, 6) is -0.747. The number of hydrogen-bond donors (Lipinski definition) is 2. The van der Waals surface area contributed by atoms with Crippen molar-refractivity contribution in [2.45, 2.75) is 13.8 Å². The van der Waals surface area contributed by atoms with Crippen molar-refractivity contribution < 1.29 is 14.3 Å². The summed E-state index contributed by atoms with van der Waals surface area (Å²) >= 11 is 0. The van der Waals surface area contributed by atoms with Gasteiger partial charge < -0.3 is 9.52 Å². The minimum Gasteiger partial charge on any atom is -0.475 e. The second-order valence-corrected chi connectivity index (χ2v) is 3.58. The number of nitrogens with zero attached hydrogens (tertiary/aromatic N) is 2. The molecule has 88 valence electrons. The largest absolute Gasteiger partial charge is 0.475 e. The van der Waals surface area contributed by atoms with Gasteiger partial charge in [0.2, 0.25) is 5.76 Å². The molecule has 0 aliphatic heterocycles. The summed E-state index contributed by atoms with van der Waals surface area (Å²) in [6.45, 7) is 3.50. The molecule has 2 aromatic heterocycles. The van der Waals surface area contributed by atoms with Gasteiger partial charge in [0.15, 0.2) is 0 Å². The van der Waals surface area contributed by atoms with Gasteiger partial charge in [-0.1, -0.05) is 0 Å². The number of aryl methyl sites for hydroxylation is 2. The highest BCUT2D eigenvalue weighted by atomic mass is 16.4. The summed E-state index contributed by atoms with van der Waals surface area (Å²) in [4.78, 5) is 18.8. The summed E-state index contributed by atoms with van der Waals surface area (Å²) in [7, 11) is 0. The lowest BCUT2D eigenvalue weighted by molar-refractivity contribution is 0.0662. The van der Waals surface area contributed by atoms with Gasteiger partial charge in [-0.2, -0.15) is 4.98 Å². The van der Waals surface area contributed by atoms with Crippen LogP contribution in [0.4, 0.5) is 11.8 Å². The molecule has 2 N–H and O–H groups in total. The van der Waals surface area contributed by atoms with E-state index < -0.39 is 5.97 Å². The lowest BCUT2D eigenvalue weighted by atomic mass is 10.3. The Morgan fingerprint density at radius 2 is 2.24 bits per heavy atom. The Kier molecular flexibility index (Phi) is 2.78. The highest BCUT2D eigenvalue weighted by Gasteiger charge is 2.16. The van der Waals surface area contributed by atoms with Crippen LogP contribution in [0.1, 0.15) is 21.8 Å². The first kappa shape index (κ1) is 11.1. The normalized spacial score (nSPS) is 10.2. The van der Waals surface area contributed by atoms with E-state index >= 15 is 0 Å². The van der Waals surface area contributed by atoms with Gasteiger partial charge in [-0.3, -0.25) is 5.32 Å². The zero-order valence-electron chi connectivity index (χ0n) is 9.39. The molecule has 0 fully saturated rings. The lowest BCUT2D eigenvalue weighted by Gasteiger charge is -2.00. The molecule has 0 aliphatic rings. The van der Waals surface area contributed by atoms with Gasteiger partial charge in [-0.05, 0) is 31.5 Å². The molecule has 6 heteroatoms. The van der Waals surface area contributed by atoms with Crippen LogP contribution in [0.5, 0.6) is 0 Å². The monoisotopic (exact) mass is 233 g/mol. The average molecular weight is 233 g/mol. The van der Waals surface area contributed by atoms with Crippen LogP contribution in [0.2, 0.25) is 0 Å². The van der Waals surface area contributed by atoms with Crippen molar-refractivity contribution in [3.05, 3.63) is 35.3 Å². The number of carbonyl (C=O) groups is 1. The van der Waals surface area contributed by atoms with Gasteiger partial charge in [0.25, 0.3) is 0 Å². The SMILES string of the molecule is Cc1ccnc(Nc2nc(C)c(C(=O)O)o2)c1. The number of nitrogens with one attached hydrogen (secondary N) is 1. The molecule has 2 rings (SSSR count). The summed E-state index contributed by atoms with van der Waals surface area (Å²) in [5, 5.41) is 11.6. The maximum atomic E-state index is 10.8. The third-order valence-electron chi connectivity index (χ3n) is 2.14. The fourth-order valence-electron chi connectivity index (χ4n) is 1.36. The van der Waals surface area contributed by atoms with Gasteiger partial charge in [0.1, 0.15) is 5.82 Å². The van der Waals surface area contributed by atoms with Crippen molar-refractivity contribution in [2.75, 3.05) is 5.32 Å². The number of aromatic nitrogens is 2. The summed E-state index contributed by atoms with van der Waals surface area (Å²) in [5.41, 5.74) is 1.36. The predicted molar refractivity (Wildman–Crippen MR) is 60.5 cm³/mol. The minimum absolute atomic E-state index is 0.123. The van der Waals surface area contributed by atoms with Crippen molar-refractivity contribution in [3.8, 4) is 0 Å². The number of carboxylic acids is 1. The molecule has 0 amide bonds. The molecule has 0 bridgehead atoms. The summed E-state index contributed by atoms with van der Waals surface area (Å²) in [6, 6.07) is 3.78. The molecule has 0 aromatic carbocycles. The van der Waals surface area contributed by atoms with Crippen LogP contribution in [-0.4, -0.2) is 21.0 Å². The number of anilines is 2. The molecular formula is C11H11N3O3. The second kappa shape index (κ2) is 4.25. The summed E-state index contributed by atoms with van der Waals surface area (Å²) < 4.78 is 5.06. The van der Waals surface area contributed by atoms with Crippen molar-refractivity contribution in [1.29, 1.82) is 0 Å². The Bertz CT molecular complexity index is 563. The van der Waals surface area contributed by atoms with E-state index in [0.717, 1.165) is 5.56 Å². The van der Waals surface area contributed by atoms with Crippen molar-refractivity contribution >= 4 is 17.8 Å². The van der Waals surface area contributed by atoms with E-state index in [1.165, 1.54) is 0 Å². The fourth-order valence-corrected chi connectivity index (χ4v) is 1.36. The van der Waals surface area contributed by atoms with Crippen LogP contribution >= 0.6 is 0 Å². The van der Waals surface area contributed by atoms with Gasteiger partial charge in [-0.25, -0.2) is 9.78 Å². The van der Waals surface area contributed by atoms with Crippen molar-refractivity contribution in [2.24, 2.45) is 0 Å². The Labute approximate surface area is 97.3 Å². The van der Waals surface area contributed by atoms with Crippen LogP contribution in [0.25, 0.3) is 0 Å². The third-order valence-corrected chi connectivity index (χ3v) is 2.14. The first-order chi connectivity index (χ1) is 8.06. The molecule has 0 aliphatic carbocycles. The number of oxazole rings is 1. The first-order valence-electron chi connectivity index (χ1n) is 4.96. The number of hydrogen-bond acceptors (Lipinski definition) is 5. The molecule has 6 nitrogen and oxygen atoms in total. The van der Waals surface area contributed by atoms with Crippen LogP contribution in [0.15, 0.2) is 22.7 Å². The molecule has 0 spiro atoms. The molecule has 2 aromatic rings. The van der Waals surface area contributed by atoms with Crippen LogP contribution in [0, 0.1) is 13.8 Å². The van der Waals surface area contributed by atoms with Crippen LogP contribution in [0.3, 0.4) is 0 Å². The third kappa shape index (κ3) is 2.41. The van der Waals surface area contributed by atoms with E-state index in [4.69, 9.17) is 9.52 Å². The smallest absolute Gasteiger partial charge is 0.373 e. The number of carboxylic acid groups (broad SMARTS) is 1. The number of aromatic carboxylic acids is 1. The van der Waals surface area contributed by atoms with E-state index in [1.807, 2.05) is 13.0 Å². The molecule has 0 saturated heterocycles. The van der Waals surface area contributed by atoms with E-state index in [2.05, 4.69) is 15.3 Å². The maximum Gasteiger partial charge on any atom is 0.373 e. The van der Waals surface area contributed by atoms with Crippen LogP contribution < -0.4 is 5.32 Å². The van der Waals surface area contributed by atoms with E-state index in [1.54, 1.807) is 19.2 Å². The van der Waals surface area contributed by atoms with Crippen molar-refractivity contribution in [1.82, 2.24) is 9.97 Å². The van der Waals surface area contributed by atoms with E-state index in [0.29, 0.717) is 11.5 Å². The summed E-state index contributed by atoms with van der Waals surface area (Å²) in [6.07, 6.45) is 1.64. The van der Waals surface area contributed by atoms with Gasteiger partial charge >= 0.3 is 12.0 Å².